The first-order chi connectivity index (χ1) is 10.4. The van der Waals surface area contributed by atoms with E-state index in [-0.39, 0.29) is 0 Å². The van der Waals surface area contributed by atoms with Gasteiger partial charge in [-0.2, -0.15) is 13.2 Å². The van der Waals surface area contributed by atoms with Gasteiger partial charge in [0.05, 0.1) is 0 Å². The summed E-state index contributed by atoms with van der Waals surface area (Å²) in [6.45, 7) is 2.94. The van der Waals surface area contributed by atoms with Crippen LogP contribution in [0.25, 0.3) is 0 Å². The zero-order valence-electron chi connectivity index (χ0n) is 13.0. The highest BCUT2D eigenvalue weighted by Crippen LogP contribution is 2.27. The molecule has 0 aliphatic heterocycles. The normalized spacial score (nSPS) is 11.5. The number of rotatable bonds is 7. The van der Waals surface area contributed by atoms with E-state index >= 15 is 0 Å². The number of carbonyl (C=O) groups is 1. The number of anilines is 1. The van der Waals surface area contributed by atoms with Gasteiger partial charge in [0.1, 0.15) is 6.54 Å². The number of hydrogen-bond acceptors (Lipinski definition) is 1. The van der Waals surface area contributed by atoms with E-state index in [9.17, 15) is 18.0 Å². The number of amides is 2. The van der Waals surface area contributed by atoms with Gasteiger partial charge in [0.25, 0.3) is 0 Å². The van der Waals surface area contributed by atoms with Gasteiger partial charge in [-0.1, -0.05) is 38.8 Å². The van der Waals surface area contributed by atoms with Crippen LogP contribution in [0, 0.1) is 0 Å². The molecule has 3 nitrogen and oxygen atoms in total. The smallest absolute Gasteiger partial charge is 0.329 e. The Morgan fingerprint density at radius 2 is 1.64 bits per heavy atom. The Hall–Kier alpha value is -1.72. The van der Waals surface area contributed by atoms with Crippen molar-refractivity contribution in [2.45, 2.75) is 51.6 Å². The monoisotopic (exact) mass is 316 g/mol. The van der Waals surface area contributed by atoms with Gasteiger partial charge in [-0.3, -0.25) is 0 Å². The summed E-state index contributed by atoms with van der Waals surface area (Å²) in [5.74, 6) is 0.489. The van der Waals surface area contributed by atoms with E-state index in [1.165, 1.54) is 5.56 Å². The van der Waals surface area contributed by atoms with Gasteiger partial charge in [0.2, 0.25) is 0 Å². The minimum atomic E-state index is -4.41. The number of alkyl halides is 3. The summed E-state index contributed by atoms with van der Waals surface area (Å²) in [6.07, 6.45) is 0.00310. The van der Waals surface area contributed by atoms with Crippen LogP contribution in [-0.4, -0.2) is 18.8 Å². The van der Waals surface area contributed by atoms with Crippen LogP contribution in [0.5, 0.6) is 0 Å². The second-order valence-electron chi connectivity index (χ2n) is 5.32. The molecule has 124 valence electrons. The van der Waals surface area contributed by atoms with Crippen LogP contribution < -0.4 is 10.6 Å². The third kappa shape index (κ3) is 6.83. The van der Waals surface area contributed by atoms with Crippen molar-refractivity contribution in [2.24, 2.45) is 0 Å². The second-order valence-corrected chi connectivity index (χ2v) is 5.32. The Balaban J connectivity index is 2.58. The van der Waals surface area contributed by atoms with E-state index in [1.54, 1.807) is 17.4 Å². The van der Waals surface area contributed by atoms with Crippen LogP contribution in [0.4, 0.5) is 23.7 Å². The topological polar surface area (TPSA) is 41.1 Å². The largest absolute Gasteiger partial charge is 0.405 e. The number of urea groups is 1. The maximum atomic E-state index is 12.0. The van der Waals surface area contributed by atoms with Gasteiger partial charge < -0.3 is 10.6 Å². The first-order valence-corrected chi connectivity index (χ1v) is 7.57. The lowest BCUT2D eigenvalue weighted by Crippen LogP contribution is -2.36. The summed E-state index contributed by atoms with van der Waals surface area (Å²) < 4.78 is 36.0. The van der Waals surface area contributed by atoms with Crippen molar-refractivity contribution in [3.05, 3.63) is 29.8 Å². The summed E-state index contributed by atoms with van der Waals surface area (Å²) in [5, 5.41) is 4.17. The highest BCUT2D eigenvalue weighted by atomic mass is 19.4. The highest BCUT2D eigenvalue weighted by Gasteiger charge is 2.27. The maximum absolute atomic E-state index is 12.0. The average Bonchev–Trinajstić information content (AvgIpc) is 2.45. The Morgan fingerprint density at radius 3 is 2.09 bits per heavy atom. The molecule has 1 rings (SSSR count). The van der Waals surface area contributed by atoms with Crippen LogP contribution in [0.3, 0.4) is 0 Å². The molecule has 0 heterocycles. The van der Waals surface area contributed by atoms with E-state index in [0.29, 0.717) is 11.6 Å². The second kappa shape index (κ2) is 8.66. The third-order valence-electron chi connectivity index (χ3n) is 3.36. The molecule has 0 aliphatic rings. The molecule has 0 fully saturated rings. The van der Waals surface area contributed by atoms with Crippen molar-refractivity contribution in [2.75, 3.05) is 11.9 Å². The fourth-order valence-electron chi connectivity index (χ4n) is 2.37. The van der Waals surface area contributed by atoms with Crippen molar-refractivity contribution in [3.8, 4) is 0 Å². The van der Waals surface area contributed by atoms with Crippen LogP contribution >= 0.6 is 0 Å². The lowest BCUT2D eigenvalue weighted by molar-refractivity contribution is -0.122. The number of benzene rings is 1. The van der Waals surface area contributed by atoms with Gasteiger partial charge in [0, 0.05) is 5.69 Å². The maximum Gasteiger partial charge on any atom is 0.405 e. The lowest BCUT2D eigenvalue weighted by Gasteiger charge is -2.16. The highest BCUT2D eigenvalue weighted by molar-refractivity contribution is 5.89. The standard InChI is InChI=1S/C16H23F3N2O/c1-3-5-12(6-4-2)13-7-9-14(10-8-13)21-15(22)20-11-16(17,18)19/h7-10,12H,3-6,11H2,1-2H3,(H2,20,21,22). The van der Waals surface area contributed by atoms with E-state index < -0.39 is 18.8 Å². The summed E-state index contributed by atoms with van der Waals surface area (Å²) >= 11 is 0. The van der Waals surface area contributed by atoms with Crippen LogP contribution in [0.2, 0.25) is 0 Å². The summed E-state index contributed by atoms with van der Waals surface area (Å²) in [4.78, 5) is 11.4. The van der Waals surface area contributed by atoms with Crippen molar-refractivity contribution in [1.82, 2.24) is 5.32 Å². The van der Waals surface area contributed by atoms with Gasteiger partial charge in [-0.25, -0.2) is 4.79 Å². The minimum absolute atomic E-state index is 0.482. The quantitative estimate of drug-likeness (QED) is 0.726. The number of hydrogen-bond donors (Lipinski definition) is 2. The number of halogens is 3. The van der Waals surface area contributed by atoms with E-state index in [0.717, 1.165) is 25.7 Å². The van der Waals surface area contributed by atoms with Gasteiger partial charge in [-0.05, 0) is 36.5 Å². The molecule has 0 saturated heterocycles. The molecule has 0 aliphatic carbocycles. The minimum Gasteiger partial charge on any atom is -0.329 e. The Bertz CT molecular complexity index is 451. The van der Waals surface area contributed by atoms with E-state index in [2.05, 4.69) is 19.2 Å². The molecule has 0 aromatic heterocycles. The molecule has 2 amide bonds. The summed E-state index contributed by atoms with van der Waals surface area (Å²) in [5.41, 5.74) is 1.68. The van der Waals surface area contributed by atoms with Crippen LogP contribution in [-0.2, 0) is 0 Å². The predicted molar refractivity (Wildman–Crippen MR) is 82.1 cm³/mol. The molecule has 0 saturated carbocycles. The Morgan fingerprint density at radius 1 is 1.09 bits per heavy atom. The zero-order valence-corrected chi connectivity index (χ0v) is 13.0. The molecule has 0 unspecified atom stereocenters. The first kappa shape index (κ1) is 18.3. The summed E-state index contributed by atoms with van der Waals surface area (Å²) in [7, 11) is 0. The molecule has 0 atom stereocenters. The molecule has 0 radical (unpaired) electrons. The Labute approximate surface area is 129 Å². The van der Waals surface area contributed by atoms with Crippen molar-refractivity contribution in [1.29, 1.82) is 0 Å². The number of carbonyl (C=O) groups excluding carboxylic acids is 1. The molecule has 1 aromatic carbocycles. The molecule has 6 heteroatoms. The Kier molecular flexibility index (Phi) is 7.21. The predicted octanol–water partition coefficient (Wildman–Crippen LogP) is 5.05. The van der Waals surface area contributed by atoms with Crippen molar-refractivity contribution < 1.29 is 18.0 Å². The van der Waals surface area contributed by atoms with E-state index in [4.69, 9.17) is 0 Å². The summed E-state index contributed by atoms with van der Waals surface area (Å²) in [6, 6.07) is 6.44. The lowest BCUT2D eigenvalue weighted by atomic mass is 9.90. The van der Waals surface area contributed by atoms with Crippen LogP contribution in [0.1, 0.15) is 51.0 Å². The van der Waals surface area contributed by atoms with Crippen molar-refractivity contribution >= 4 is 11.7 Å². The number of nitrogens with one attached hydrogen (secondary N) is 2. The fourth-order valence-corrected chi connectivity index (χ4v) is 2.37. The zero-order chi connectivity index (χ0) is 16.6. The van der Waals surface area contributed by atoms with Crippen molar-refractivity contribution in [3.63, 3.8) is 0 Å². The molecule has 0 spiro atoms. The van der Waals surface area contributed by atoms with Gasteiger partial charge in [-0.15, -0.1) is 0 Å². The molecule has 2 N–H and O–H groups in total. The molecule has 22 heavy (non-hydrogen) atoms. The van der Waals surface area contributed by atoms with Gasteiger partial charge >= 0.3 is 12.2 Å². The molecular formula is C16H23F3N2O. The fraction of sp³-hybridized carbons (Fsp3) is 0.562. The first-order valence-electron chi connectivity index (χ1n) is 7.57. The third-order valence-corrected chi connectivity index (χ3v) is 3.36. The van der Waals surface area contributed by atoms with Crippen LogP contribution in [0.15, 0.2) is 24.3 Å². The average molecular weight is 316 g/mol. The molecular weight excluding hydrogens is 293 g/mol. The molecule has 1 aromatic rings. The SMILES string of the molecule is CCCC(CCC)c1ccc(NC(=O)NCC(F)(F)F)cc1. The van der Waals surface area contributed by atoms with E-state index in [1.807, 2.05) is 12.1 Å². The van der Waals surface area contributed by atoms with Gasteiger partial charge in [0.15, 0.2) is 0 Å². The molecule has 0 bridgehead atoms.